The van der Waals surface area contributed by atoms with Gasteiger partial charge in [-0.05, 0) is 43.9 Å². The Balaban J connectivity index is 1.61. The fourth-order valence-electron chi connectivity index (χ4n) is 4.31. The molecule has 1 atom stereocenters. The second-order valence-corrected chi connectivity index (χ2v) is 8.54. The summed E-state index contributed by atoms with van der Waals surface area (Å²) in [6.07, 6.45) is 3.70. The number of hydrogen-bond donors (Lipinski definition) is 1. The van der Waals surface area contributed by atoms with E-state index in [0.29, 0.717) is 22.3 Å². The summed E-state index contributed by atoms with van der Waals surface area (Å²) in [4.78, 5) is 25.1. The Morgan fingerprint density at radius 3 is 2.56 bits per heavy atom. The highest BCUT2D eigenvalue weighted by atomic mass is 16.1. The first-order valence-electron chi connectivity index (χ1n) is 10.6. The maximum absolute atomic E-state index is 12.6. The number of hydrogen-bond acceptors (Lipinski definition) is 6. The third kappa shape index (κ3) is 3.07. The summed E-state index contributed by atoms with van der Waals surface area (Å²) in [6, 6.07) is 7.68. The van der Waals surface area contributed by atoms with Crippen LogP contribution in [0.1, 0.15) is 48.7 Å². The molecule has 1 aliphatic carbocycles. The molecule has 0 radical (unpaired) electrons. The average Bonchev–Trinajstić information content (AvgIpc) is 3.55. The molecule has 3 aromatic heterocycles. The summed E-state index contributed by atoms with van der Waals surface area (Å²) in [5, 5.41) is 23.4. The van der Waals surface area contributed by atoms with Gasteiger partial charge in [-0.25, -0.2) is 4.68 Å². The van der Waals surface area contributed by atoms with Crippen molar-refractivity contribution < 1.29 is 0 Å². The predicted molar refractivity (Wildman–Crippen MR) is 122 cm³/mol. The highest BCUT2D eigenvalue weighted by molar-refractivity contribution is 5.91. The molecular weight excluding hydrogens is 406 g/mol. The summed E-state index contributed by atoms with van der Waals surface area (Å²) in [7, 11) is 3.41. The van der Waals surface area contributed by atoms with Gasteiger partial charge in [-0.3, -0.25) is 14.3 Å². The first-order chi connectivity index (χ1) is 15.3. The fraction of sp³-hybridized carbons (Fsp3) is 0.348. The average molecular weight is 429 g/mol. The van der Waals surface area contributed by atoms with Crippen LogP contribution < -0.4 is 16.4 Å². The number of benzene rings is 1. The van der Waals surface area contributed by atoms with E-state index < -0.39 is 0 Å². The lowest BCUT2D eigenvalue weighted by Gasteiger charge is -2.18. The molecule has 0 bridgehead atoms. The summed E-state index contributed by atoms with van der Waals surface area (Å²) in [6.45, 7) is 3.98. The van der Waals surface area contributed by atoms with Gasteiger partial charge < -0.3 is 9.88 Å². The van der Waals surface area contributed by atoms with Crippen LogP contribution in [-0.4, -0.2) is 24.1 Å². The van der Waals surface area contributed by atoms with E-state index >= 15 is 0 Å². The number of anilines is 1. The maximum atomic E-state index is 12.6. The van der Waals surface area contributed by atoms with Crippen molar-refractivity contribution >= 4 is 27.5 Å². The van der Waals surface area contributed by atoms with Gasteiger partial charge >= 0.3 is 0 Å². The highest BCUT2D eigenvalue weighted by Gasteiger charge is 2.26. The van der Waals surface area contributed by atoms with Gasteiger partial charge in [-0.15, -0.1) is 0 Å². The third-order valence-electron chi connectivity index (χ3n) is 6.18. The smallest absolute Gasteiger partial charge is 0.274 e. The number of fused-ring (bicyclic) bond motifs is 2. The van der Waals surface area contributed by atoms with Crippen molar-refractivity contribution in [2.75, 3.05) is 5.32 Å². The van der Waals surface area contributed by atoms with Crippen molar-refractivity contribution in [1.82, 2.24) is 24.1 Å². The van der Waals surface area contributed by atoms with E-state index in [1.165, 1.54) is 10.7 Å². The number of rotatable bonds is 4. The molecular formula is C23H23N7O2. The topological polar surface area (TPSA) is 111 Å². The first kappa shape index (κ1) is 20.0. The van der Waals surface area contributed by atoms with E-state index in [4.69, 9.17) is 0 Å². The van der Waals surface area contributed by atoms with Crippen LogP contribution in [0.15, 0.2) is 34.0 Å². The minimum absolute atomic E-state index is 0.145. The van der Waals surface area contributed by atoms with E-state index in [0.717, 1.165) is 34.9 Å². The van der Waals surface area contributed by atoms with E-state index in [2.05, 4.69) is 21.6 Å². The lowest BCUT2D eigenvalue weighted by molar-refractivity contribution is 0.698. The molecule has 0 saturated heterocycles. The standard InChI is InChI=1S/C23H23N7O2/c1-12-7-14(8-19-21(12)18(10-24)26-28(19)3)13(2)25-22-17-11-30(15-5-6-15)20(31)9-16(17)23(32)29(4)27-22/h7-9,11,13,15H,5-6H2,1-4H3,(H,25,27)/t13-/m0/s1. The molecule has 9 nitrogen and oxygen atoms in total. The number of pyridine rings is 1. The molecule has 4 aromatic rings. The van der Waals surface area contributed by atoms with Crippen molar-refractivity contribution in [3.05, 3.63) is 61.9 Å². The fourth-order valence-corrected chi connectivity index (χ4v) is 4.31. The Labute approximate surface area is 183 Å². The predicted octanol–water partition coefficient (Wildman–Crippen LogP) is 2.67. The molecule has 1 saturated carbocycles. The van der Waals surface area contributed by atoms with E-state index in [9.17, 15) is 14.9 Å². The van der Waals surface area contributed by atoms with Crippen LogP contribution in [0.2, 0.25) is 0 Å². The molecule has 9 heteroatoms. The molecule has 1 aliphatic rings. The van der Waals surface area contributed by atoms with Gasteiger partial charge in [0, 0.05) is 43.2 Å². The Morgan fingerprint density at radius 1 is 1.12 bits per heavy atom. The zero-order chi connectivity index (χ0) is 22.7. The SMILES string of the molecule is Cc1cc([C@H](C)Nc2nn(C)c(=O)c3cc(=O)n(C4CC4)cc23)cc2c1c(C#N)nn2C. The van der Waals surface area contributed by atoms with E-state index in [1.54, 1.807) is 22.5 Å². The van der Waals surface area contributed by atoms with Gasteiger partial charge in [0.1, 0.15) is 6.07 Å². The zero-order valence-electron chi connectivity index (χ0n) is 18.4. The van der Waals surface area contributed by atoms with Crippen LogP contribution >= 0.6 is 0 Å². The second-order valence-electron chi connectivity index (χ2n) is 8.54. The largest absolute Gasteiger partial charge is 0.362 e. The zero-order valence-corrected chi connectivity index (χ0v) is 18.4. The minimum atomic E-state index is -0.297. The number of aromatic nitrogens is 5. The molecule has 3 heterocycles. The van der Waals surface area contributed by atoms with Crippen molar-refractivity contribution in [3.8, 4) is 6.07 Å². The number of aryl methyl sites for hydroxylation is 3. The Bertz CT molecular complexity index is 1560. The quantitative estimate of drug-likeness (QED) is 0.534. The molecule has 0 spiro atoms. The molecule has 32 heavy (non-hydrogen) atoms. The molecule has 0 amide bonds. The molecule has 0 aliphatic heterocycles. The van der Waals surface area contributed by atoms with Crippen LogP contribution in [-0.2, 0) is 14.1 Å². The van der Waals surface area contributed by atoms with Crippen molar-refractivity contribution in [2.24, 2.45) is 14.1 Å². The molecule has 0 unspecified atom stereocenters. The molecule has 1 fully saturated rings. The lowest BCUT2D eigenvalue weighted by atomic mass is 10.0. The molecule has 1 N–H and O–H groups in total. The summed E-state index contributed by atoms with van der Waals surface area (Å²) < 4.78 is 4.67. The van der Waals surface area contributed by atoms with E-state index in [1.807, 2.05) is 33.0 Å². The first-order valence-corrected chi connectivity index (χ1v) is 10.6. The molecule has 5 rings (SSSR count). The van der Waals surface area contributed by atoms with Crippen LogP contribution in [0.4, 0.5) is 5.82 Å². The number of nitrogens with zero attached hydrogens (tertiary/aromatic N) is 6. The van der Waals surface area contributed by atoms with Crippen molar-refractivity contribution in [2.45, 2.75) is 38.8 Å². The number of nitriles is 1. The Hall–Kier alpha value is -3.93. The van der Waals surface area contributed by atoms with Gasteiger partial charge in [0.2, 0.25) is 0 Å². The lowest BCUT2D eigenvalue weighted by Crippen LogP contribution is -2.26. The van der Waals surface area contributed by atoms with Gasteiger partial charge in [0.05, 0.1) is 16.9 Å². The van der Waals surface area contributed by atoms with Gasteiger partial charge in [-0.2, -0.15) is 15.5 Å². The van der Waals surface area contributed by atoms with Crippen LogP contribution in [0.5, 0.6) is 0 Å². The molecule has 162 valence electrons. The maximum Gasteiger partial charge on any atom is 0.274 e. The molecule has 1 aromatic carbocycles. The van der Waals surface area contributed by atoms with Crippen molar-refractivity contribution in [3.63, 3.8) is 0 Å². The van der Waals surface area contributed by atoms with Crippen LogP contribution in [0, 0.1) is 18.3 Å². The summed E-state index contributed by atoms with van der Waals surface area (Å²) in [5.74, 6) is 0.546. The minimum Gasteiger partial charge on any atom is -0.362 e. The normalized spacial score (nSPS) is 14.6. The van der Waals surface area contributed by atoms with Gasteiger partial charge in [0.15, 0.2) is 11.5 Å². The monoisotopic (exact) mass is 429 g/mol. The van der Waals surface area contributed by atoms with Gasteiger partial charge in [0.25, 0.3) is 11.1 Å². The van der Waals surface area contributed by atoms with Crippen molar-refractivity contribution in [1.29, 1.82) is 5.26 Å². The highest BCUT2D eigenvalue weighted by Crippen LogP contribution is 2.35. The van der Waals surface area contributed by atoms with Gasteiger partial charge in [-0.1, -0.05) is 6.07 Å². The van der Waals surface area contributed by atoms with Crippen LogP contribution in [0.3, 0.4) is 0 Å². The second kappa shape index (κ2) is 7.05. The summed E-state index contributed by atoms with van der Waals surface area (Å²) in [5.41, 5.74) is 2.81. The summed E-state index contributed by atoms with van der Waals surface area (Å²) >= 11 is 0. The third-order valence-corrected chi connectivity index (χ3v) is 6.18. The van der Waals surface area contributed by atoms with Crippen LogP contribution in [0.25, 0.3) is 21.7 Å². The number of nitrogens with one attached hydrogen (secondary N) is 1. The Morgan fingerprint density at radius 2 is 1.88 bits per heavy atom. The van der Waals surface area contributed by atoms with E-state index in [-0.39, 0.29) is 23.2 Å². The Kier molecular flexibility index (Phi) is 4.41.